The summed E-state index contributed by atoms with van der Waals surface area (Å²) in [5, 5.41) is 0. The van der Waals surface area contributed by atoms with Gasteiger partial charge < -0.3 is 9.80 Å². The third kappa shape index (κ3) is 3.09. The number of nitrogens with zero attached hydrogens (tertiary/aromatic N) is 2. The Hall–Kier alpha value is -1.45. The molecule has 0 aromatic heterocycles. The Kier molecular flexibility index (Phi) is 2.58. The van der Waals surface area contributed by atoms with Crippen molar-refractivity contribution in [2.75, 3.05) is 32.0 Å². The summed E-state index contributed by atoms with van der Waals surface area (Å²) in [6, 6.07) is 12.9. The van der Waals surface area contributed by atoms with E-state index in [1.54, 1.807) is 12.1 Å². The zero-order valence-corrected chi connectivity index (χ0v) is 13.2. The van der Waals surface area contributed by atoms with Crippen molar-refractivity contribution < 1.29 is 8.22 Å². The number of hydrogen-bond donors (Lipinski definition) is 0. The maximum atomic E-state index is 8.75. The summed E-state index contributed by atoms with van der Waals surface area (Å²) in [6.07, 6.45) is -2.83. The maximum absolute atomic E-state index is 8.75. The van der Waals surface area contributed by atoms with Gasteiger partial charge in [0.25, 0.3) is 0 Å². The molecular formula is C18H22N2S. The maximum Gasteiger partial charge on any atom is 0.0555 e. The summed E-state index contributed by atoms with van der Waals surface area (Å²) in [5.41, 5.74) is 2.00. The Morgan fingerprint density at radius 1 is 1.10 bits per heavy atom. The van der Waals surface area contributed by atoms with Crippen molar-refractivity contribution in [1.29, 1.82) is 0 Å². The molecule has 3 rings (SSSR count). The van der Waals surface area contributed by atoms with Crippen molar-refractivity contribution in [3.8, 4) is 0 Å². The molecule has 0 saturated heterocycles. The topological polar surface area (TPSA) is 6.48 Å². The van der Waals surface area contributed by atoms with Gasteiger partial charge in [-0.05, 0) is 63.7 Å². The molecule has 0 fully saturated rings. The Balaban J connectivity index is 2.25. The van der Waals surface area contributed by atoms with Gasteiger partial charge in [-0.25, -0.2) is 0 Å². The van der Waals surface area contributed by atoms with E-state index in [1.165, 1.54) is 30.8 Å². The highest BCUT2D eigenvalue weighted by molar-refractivity contribution is 7.99. The van der Waals surface area contributed by atoms with Gasteiger partial charge in [-0.15, -0.1) is 0 Å². The Bertz CT molecular complexity index is 869. The molecular weight excluding hydrogens is 276 g/mol. The molecule has 0 aliphatic carbocycles. The summed E-state index contributed by atoms with van der Waals surface area (Å²) in [5.74, 6) is 0. The molecule has 2 aromatic rings. The molecule has 0 bridgehead atoms. The van der Waals surface area contributed by atoms with Gasteiger partial charge in [-0.1, -0.05) is 30.0 Å². The van der Waals surface area contributed by atoms with Crippen molar-refractivity contribution in [3.63, 3.8) is 0 Å². The van der Waals surface area contributed by atoms with Crippen LogP contribution in [0.5, 0.6) is 0 Å². The second-order valence-corrected chi connectivity index (χ2v) is 6.20. The van der Waals surface area contributed by atoms with Crippen LogP contribution in [0.4, 0.5) is 11.4 Å². The van der Waals surface area contributed by atoms with Gasteiger partial charge >= 0.3 is 0 Å². The van der Waals surface area contributed by atoms with Gasteiger partial charge in [0, 0.05) is 24.5 Å². The monoisotopic (exact) mass is 304 g/mol. The molecule has 0 N–H and O–H groups in total. The first-order valence-corrected chi connectivity index (χ1v) is 7.58. The Morgan fingerprint density at radius 2 is 1.86 bits per heavy atom. The van der Waals surface area contributed by atoms with Crippen molar-refractivity contribution >= 4 is 23.1 Å². The van der Waals surface area contributed by atoms with Crippen LogP contribution in [0.15, 0.2) is 52.3 Å². The predicted octanol–water partition coefficient (Wildman–Crippen LogP) is 4.55. The molecule has 0 atom stereocenters. The summed E-state index contributed by atoms with van der Waals surface area (Å²) < 4.78 is 50.8. The molecule has 21 heavy (non-hydrogen) atoms. The molecule has 2 nitrogen and oxygen atoms in total. The van der Waals surface area contributed by atoms with Crippen LogP contribution >= 0.6 is 11.8 Å². The minimum Gasteiger partial charge on any atom is -0.340 e. The number of para-hydroxylation sites is 1. The molecule has 1 aliphatic heterocycles. The van der Waals surface area contributed by atoms with Crippen LogP contribution in [0.2, 0.25) is 0 Å². The summed E-state index contributed by atoms with van der Waals surface area (Å²) in [6.45, 7) is -3.28. The SMILES string of the molecule is [2H]C([2H])(N(C)C)C([2H])([2H])C([2H])([2H])N1c2ccccc2Sc2ccc(C)cc21. The van der Waals surface area contributed by atoms with E-state index in [1.807, 2.05) is 37.3 Å². The first kappa shape index (κ1) is 8.86. The van der Waals surface area contributed by atoms with Crippen LogP contribution in [0.25, 0.3) is 0 Å². The van der Waals surface area contributed by atoms with Crippen LogP contribution in [0.3, 0.4) is 0 Å². The van der Waals surface area contributed by atoms with Gasteiger partial charge in [-0.3, -0.25) is 0 Å². The Morgan fingerprint density at radius 3 is 2.67 bits per heavy atom. The van der Waals surface area contributed by atoms with E-state index in [4.69, 9.17) is 8.22 Å². The number of hydrogen-bond acceptors (Lipinski definition) is 3. The lowest BCUT2D eigenvalue weighted by Gasteiger charge is -2.33. The summed E-state index contributed by atoms with van der Waals surface area (Å²) in [4.78, 5) is 4.00. The fourth-order valence-corrected chi connectivity index (χ4v) is 3.22. The molecule has 110 valence electrons. The van der Waals surface area contributed by atoms with Crippen molar-refractivity contribution in [1.82, 2.24) is 4.90 Å². The van der Waals surface area contributed by atoms with Gasteiger partial charge in [0.2, 0.25) is 0 Å². The standard InChI is InChI=1S/C18H22N2S/c1-14-9-10-18-16(13-14)20(12-6-11-19(2)3)15-7-4-5-8-17(15)21-18/h4-5,7-10,13H,6,11-12H2,1-3H3/i6D2,11D2,12D2. The Labute approximate surface area is 140 Å². The molecule has 3 heteroatoms. The number of anilines is 2. The number of rotatable bonds is 4. The van der Waals surface area contributed by atoms with Crippen molar-refractivity contribution in [2.45, 2.75) is 23.1 Å². The first-order chi connectivity index (χ1) is 12.4. The molecule has 0 radical (unpaired) electrons. The van der Waals surface area contributed by atoms with E-state index in [0.29, 0.717) is 11.4 Å². The zero-order chi connectivity index (χ0) is 20.2. The van der Waals surface area contributed by atoms with E-state index < -0.39 is 19.4 Å². The third-order valence-electron chi connectivity index (χ3n) is 3.13. The molecule has 2 aromatic carbocycles. The first-order valence-electron chi connectivity index (χ1n) is 9.76. The van der Waals surface area contributed by atoms with E-state index in [2.05, 4.69) is 0 Å². The number of aryl methyl sites for hydroxylation is 1. The van der Waals surface area contributed by atoms with Crippen LogP contribution in [0, 0.1) is 6.92 Å². The number of fused-ring (bicyclic) bond motifs is 2. The number of benzene rings is 2. The van der Waals surface area contributed by atoms with Gasteiger partial charge in [0.1, 0.15) is 0 Å². The highest BCUT2D eigenvalue weighted by Crippen LogP contribution is 2.48. The van der Waals surface area contributed by atoms with Gasteiger partial charge in [0.15, 0.2) is 0 Å². The van der Waals surface area contributed by atoms with Crippen molar-refractivity contribution in [2.24, 2.45) is 0 Å². The molecule has 1 heterocycles. The average molecular weight is 304 g/mol. The van der Waals surface area contributed by atoms with Crippen LogP contribution in [-0.4, -0.2) is 32.0 Å². The third-order valence-corrected chi connectivity index (χ3v) is 4.26. The highest BCUT2D eigenvalue weighted by atomic mass is 32.2. The van der Waals surface area contributed by atoms with E-state index >= 15 is 0 Å². The molecule has 1 aliphatic rings. The predicted molar refractivity (Wildman–Crippen MR) is 91.9 cm³/mol. The minimum atomic E-state index is -2.83. The fraction of sp³-hybridized carbons (Fsp3) is 0.333. The van der Waals surface area contributed by atoms with E-state index in [-0.39, 0.29) is 0 Å². The van der Waals surface area contributed by atoms with Crippen LogP contribution < -0.4 is 4.90 Å². The smallest absolute Gasteiger partial charge is 0.0555 e. The van der Waals surface area contributed by atoms with Crippen LogP contribution in [0.1, 0.15) is 20.2 Å². The van der Waals surface area contributed by atoms with Crippen LogP contribution in [-0.2, 0) is 0 Å². The highest BCUT2D eigenvalue weighted by Gasteiger charge is 2.22. The quantitative estimate of drug-likeness (QED) is 0.818. The normalized spacial score (nSPS) is 19.5. The van der Waals surface area contributed by atoms with Gasteiger partial charge in [-0.2, -0.15) is 0 Å². The second kappa shape index (κ2) is 6.12. The largest absolute Gasteiger partial charge is 0.340 e. The molecule has 0 amide bonds. The van der Waals surface area contributed by atoms with Crippen molar-refractivity contribution in [3.05, 3.63) is 48.0 Å². The van der Waals surface area contributed by atoms with E-state index in [9.17, 15) is 0 Å². The molecule has 0 saturated carbocycles. The van der Waals surface area contributed by atoms with Gasteiger partial charge in [0.05, 0.1) is 11.4 Å². The minimum absolute atomic E-state index is 0.532. The lowest BCUT2D eigenvalue weighted by atomic mass is 10.1. The molecule has 0 unspecified atom stereocenters. The summed E-state index contributed by atoms with van der Waals surface area (Å²) >= 11 is 1.50. The second-order valence-electron chi connectivity index (χ2n) is 5.12. The lowest BCUT2D eigenvalue weighted by molar-refractivity contribution is 0.402. The zero-order valence-electron chi connectivity index (χ0n) is 18.3. The fourth-order valence-electron chi connectivity index (χ4n) is 2.18. The lowest BCUT2D eigenvalue weighted by Crippen LogP contribution is -2.25. The summed E-state index contributed by atoms with van der Waals surface area (Å²) in [7, 11) is 2.82. The molecule has 0 spiro atoms. The van der Waals surface area contributed by atoms with E-state index in [0.717, 1.165) is 20.3 Å². The average Bonchev–Trinajstić information content (AvgIpc) is 2.59.